The lowest BCUT2D eigenvalue weighted by Gasteiger charge is -2.06. The Kier molecular flexibility index (Phi) is 5.25. The van der Waals surface area contributed by atoms with Crippen molar-refractivity contribution in [3.63, 3.8) is 0 Å². The first-order valence-corrected chi connectivity index (χ1v) is 5.94. The van der Waals surface area contributed by atoms with Crippen LogP contribution in [-0.2, 0) is 9.53 Å². The molecular formula is C11H15BrN2O2. The topological polar surface area (TPSA) is 51.2 Å². The summed E-state index contributed by atoms with van der Waals surface area (Å²) in [7, 11) is 0. The zero-order valence-corrected chi connectivity index (χ0v) is 11.0. The van der Waals surface area contributed by atoms with Gasteiger partial charge in [-0.1, -0.05) is 0 Å². The van der Waals surface area contributed by atoms with Crippen LogP contribution in [0, 0.1) is 6.92 Å². The number of anilines is 1. The lowest BCUT2D eigenvalue weighted by Crippen LogP contribution is -2.11. The molecule has 0 saturated carbocycles. The van der Waals surface area contributed by atoms with E-state index in [1.165, 1.54) is 0 Å². The van der Waals surface area contributed by atoms with Gasteiger partial charge < -0.3 is 10.1 Å². The van der Waals surface area contributed by atoms with Gasteiger partial charge in [-0.15, -0.1) is 0 Å². The Balaban J connectivity index is 2.37. The fourth-order valence-electron chi connectivity index (χ4n) is 1.16. The molecule has 0 amide bonds. The van der Waals surface area contributed by atoms with Gasteiger partial charge in [-0.25, -0.2) is 4.98 Å². The number of aryl methyl sites for hydroxylation is 1. The average Bonchev–Trinajstić information content (AvgIpc) is 2.24. The van der Waals surface area contributed by atoms with Gasteiger partial charge in [0.1, 0.15) is 5.82 Å². The van der Waals surface area contributed by atoms with Gasteiger partial charge in [-0.3, -0.25) is 4.79 Å². The Labute approximate surface area is 104 Å². The third kappa shape index (κ3) is 4.18. The van der Waals surface area contributed by atoms with E-state index in [0.29, 0.717) is 19.6 Å². The largest absolute Gasteiger partial charge is 0.466 e. The summed E-state index contributed by atoms with van der Waals surface area (Å²) < 4.78 is 5.79. The summed E-state index contributed by atoms with van der Waals surface area (Å²) >= 11 is 3.38. The first-order chi connectivity index (χ1) is 7.63. The van der Waals surface area contributed by atoms with Crippen LogP contribution in [0.5, 0.6) is 0 Å². The van der Waals surface area contributed by atoms with Crippen LogP contribution in [-0.4, -0.2) is 24.1 Å². The van der Waals surface area contributed by atoms with Crippen molar-refractivity contribution in [1.29, 1.82) is 0 Å². The van der Waals surface area contributed by atoms with E-state index in [0.717, 1.165) is 15.9 Å². The Morgan fingerprint density at radius 1 is 1.62 bits per heavy atom. The molecule has 0 aliphatic rings. The molecule has 1 heterocycles. The number of aromatic nitrogens is 1. The number of nitrogens with zero attached hydrogens (tertiary/aromatic N) is 1. The summed E-state index contributed by atoms with van der Waals surface area (Å²) in [5.41, 5.74) is 1.11. The minimum Gasteiger partial charge on any atom is -0.466 e. The molecule has 0 unspecified atom stereocenters. The van der Waals surface area contributed by atoms with Gasteiger partial charge in [0, 0.05) is 17.2 Å². The van der Waals surface area contributed by atoms with Crippen LogP contribution in [0.4, 0.5) is 5.82 Å². The highest BCUT2D eigenvalue weighted by molar-refractivity contribution is 9.10. The first-order valence-electron chi connectivity index (χ1n) is 5.15. The SMILES string of the molecule is CCOC(=O)CCNc1cc(C)c(Br)cn1. The Hall–Kier alpha value is -1.10. The summed E-state index contributed by atoms with van der Waals surface area (Å²) in [5, 5.41) is 3.07. The Morgan fingerprint density at radius 2 is 2.38 bits per heavy atom. The van der Waals surface area contributed by atoms with Gasteiger partial charge in [0.15, 0.2) is 0 Å². The van der Waals surface area contributed by atoms with Gasteiger partial charge in [-0.2, -0.15) is 0 Å². The van der Waals surface area contributed by atoms with Gasteiger partial charge in [0.25, 0.3) is 0 Å². The van der Waals surface area contributed by atoms with E-state index >= 15 is 0 Å². The van der Waals surface area contributed by atoms with Gasteiger partial charge >= 0.3 is 5.97 Å². The molecule has 0 aliphatic heterocycles. The second-order valence-electron chi connectivity index (χ2n) is 3.30. The summed E-state index contributed by atoms with van der Waals surface area (Å²) in [4.78, 5) is 15.2. The number of carbonyl (C=O) groups is 1. The average molecular weight is 287 g/mol. The second kappa shape index (κ2) is 6.48. The fourth-order valence-corrected chi connectivity index (χ4v) is 1.38. The number of hydrogen-bond acceptors (Lipinski definition) is 4. The van der Waals surface area contributed by atoms with Crippen LogP contribution >= 0.6 is 15.9 Å². The van der Waals surface area contributed by atoms with E-state index in [9.17, 15) is 4.79 Å². The molecule has 1 rings (SSSR count). The summed E-state index contributed by atoms with van der Waals surface area (Å²) in [6.45, 7) is 4.74. The molecule has 0 aromatic carbocycles. The number of rotatable bonds is 5. The highest BCUT2D eigenvalue weighted by Gasteiger charge is 2.02. The van der Waals surface area contributed by atoms with Gasteiger partial charge in [0.2, 0.25) is 0 Å². The van der Waals surface area contributed by atoms with Gasteiger partial charge in [0.05, 0.1) is 13.0 Å². The minimum atomic E-state index is -0.191. The van der Waals surface area contributed by atoms with Crippen molar-refractivity contribution < 1.29 is 9.53 Å². The summed E-state index contributed by atoms with van der Waals surface area (Å²) in [5.74, 6) is 0.578. The van der Waals surface area contributed by atoms with E-state index in [1.807, 2.05) is 13.0 Å². The number of carbonyl (C=O) groups excluding carboxylic acids is 1. The van der Waals surface area contributed by atoms with E-state index in [4.69, 9.17) is 4.74 Å². The molecule has 0 saturated heterocycles. The highest BCUT2D eigenvalue weighted by atomic mass is 79.9. The molecule has 0 fully saturated rings. The Bertz CT molecular complexity index is 369. The van der Waals surface area contributed by atoms with Crippen molar-refractivity contribution in [1.82, 2.24) is 4.98 Å². The van der Waals surface area contributed by atoms with E-state index < -0.39 is 0 Å². The van der Waals surface area contributed by atoms with Crippen LogP contribution in [0.1, 0.15) is 18.9 Å². The molecule has 0 bridgehead atoms. The lowest BCUT2D eigenvalue weighted by atomic mass is 10.3. The molecule has 16 heavy (non-hydrogen) atoms. The quantitative estimate of drug-likeness (QED) is 0.845. The monoisotopic (exact) mass is 286 g/mol. The predicted molar refractivity (Wildman–Crippen MR) is 66.4 cm³/mol. The second-order valence-corrected chi connectivity index (χ2v) is 4.15. The zero-order chi connectivity index (χ0) is 12.0. The van der Waals surface area contributed by atoms with E-state index in [1.54, 1.807) is 13.1 Å². The molecule has 0 aliphatic carbocycles. The molecular weight excluding hydrogens is 272 g/mol. The number of hydrogen-bond donors (Lipinski definition) is 1. The van der Waals surface area contributed by atoms with E-state index in [2.05, 4.69) is 26.2 Å². The fraction of sp³-hybridized carbons (Fsp3) is 0.455. The van der Waals surface area contributed by atoms with Crippen molar-refractivity contribution in [3.05, 3.63) is 22.3 Å². The summed E-state index contributed by atoms with van der Waals surface area (Å²) in [6, 6.07) is 1.93. The number of ether oxygens (including phenoxy) is 1. The van der Waals surface area contributed by atoms with Crippen molar-refractivity contribution in [3.8, 4) is 0 Å². The van der Waals surface area contributed by atoms with Crippen molar-refractivity contribution >= 4 is 27.7 Å². The van der Waals surface area contributed by atoms with Crippen LogP contribution in [0.25, 0.3) is 0 Å². The number of pyridine rings is 1. The molecule has 4 nitrogen and oxygen atoms in total. The summed E-state index contributed by atoms with van der Waals surface area (Å²) in [6.07, 6.45) is 2.09. The lowest BCUT2D eigenvalue weighted by molar-refractivity contribution is -0.142. The highest BCUT2D eigenvalue weighted by Crippen LogP contribution is 2.16. The minimum absolute atomic E-state index is 0.191. The van der Waals surface area contributed by atoms with Crippen LogP contribution in [0.15, 0.2) is 16.7 Å². The van der Waals surface area contributed by atoms with E-state index in [-0.39, 0.29) is 5.97 Å². The molecule has 5 heteroatoms. The molecule has 0 radical (unpaired) electrons. The number of nitrogens with one attached hydrogen (secondary N) is 1. The third-order valence-corrected chi connectivity index (χ3v) is 2.82. The number of esters is 1. The normalized spacial score (nSPS) is 9.94. The van der Waals surface area contributed by atoms with Crippen molar-refractivity contribution in [2.75, 3.05) is 18.5 Å². The van der Waals surface area contributed by atoms with Gasteiger partial charge in [-0.05, 0) is 41.4 Å². The Morgan fingerprint density at radius 3 is 3.00 bits per heavy atom. The maximum Gasteiger partial charge on any atom is 0.307 e. The molecule has 0 spiro atoms. The molecule has 1 N–H and O–H groups in total. The maximum atomic E-state index is 11.1. The number of halogens is 1. The maximum absolute atomic E-state index is 11.1. The molecule has 1 aromatic heterocycles. The van der Waals surface area contributed by atoms with Crippen LogP contribution in [0.2, 0.25) is 0 Å². The van der Waals surface area contributed by atoms with Crippen molar-refractivity contribution in [2.45, 2.75) is 20.3 Å². The smallest absolute Gasteiger partial charge is 0.307 e. The molecule has 0 atom stereocenters. The third-order valence-electron chi connectivity index (χ3n) is 1.99. The zero-order valence-electron chi connectivity index (χ0n) is 9.42. The van der Waals surface area contributed by atoms with Crippen molar-refractivity contribution in [2.24, 2.45) is 0 Å². The van der Waals surface area contributed by atoms with Crippen LogP contribution < -0.4 is 5.32 Å². The predicted octanol–water partition coefficient (Wildman–Crippen LogP) is 2.52. The molecule has 1 aromatic rings. The molecule has 88 valence electrons. The standard InChI is InChI=1S/C11H15BrN2O2/c1-3-16-11(15)4-5-13-10-6-8(2)9(12)7-14-10/h6-7H,3-5H2,1-2H3,(H,13,14). The van der Waals surface area contributed by atoms with Crippen LogP contribution in [0.3, 0.4) is 0 Å². The first kappa shape index (κ1) is 13.0.